The molecule has 0 unspecified atom stereocenters. The molecule has 4 aliphatic carbocycles. The third kappa shape index (κ3) is 5.70. The lowest BCUT2D eigenvalue weighted by molar-refractivity contribution is -0.0618. The van der Waals surface area contributed by atoms with Crippen LogP contribution in [0.25, 0.3) is 0 Å². The van der Waals surface area contributed by atoms with Gasteiger partial charge in [0.2, 0.25) is 0 Å². The van der Waals surface area contributed by atoms with Crippen LogP contribution in [-0.4, -0.2) is 18.9 Å². The molecule has 3 saturated carbocycles. The number of ether oxygens (including phenoxy) is 2. The number of hydrogen-bond donors (Lipinski definition) is 0. The first-order chi connectivity index (χ1) is 17.0. The van der Waals surface area contributed by atoms with E-state index in [2.05, 4.69) is 54.5 Å². The molecule has 4 aliphatic rings. The maximum absolute atomic E-state index is 12.2. The zero-order valence-corrected chi connectivity index (χ0v) is 24.6. The minimum atomic E-state index is -0.466. The van der Waals surface area contributed by atoms with Crippen LogP contribution in [0.3, 0.4) is 0 Å². The lowest BCUT2D eigenvalue weighted by atomic mass is 9.47. The van der Waals surface area contributed by atoms with E-state index in [0.29, 0.717) is 23.4 Å². The molecule has 0 aromatic rings. The quantitative estimate of drug-likeness (QED) is 0.233. The Morgan fingerprint density at radius 3 is 2.42 bits per heavy atom. The van der Waals surface area contributed by atoms with Crippen molar-refractivity contribution >= 4 is 6.16 Å². The van der Waals surface area contributed by atoms with Gasteiger partial charge in [0.1, 0.15) is 6.10 Å². The maximum atomic E-state index is 12.2. The summed E-state index contributed by atoms with van der Waals surface area (Å²) >= 11 is 0. The normalized spacial score (nSPS) is 38.7. The largest absolute Gasteiger partial charge is 0.508 e. The van der Waals surface area contributed by atoms with Gasteiger partial charge in [-0.2, -0.15) is 0 Å². The smallest absolute Gasteiger partial charge is 0.434 e. The van der Waals surface area contributed by atoms with Crippen LogP contribution in [-0.2, 0) is 9.47 Å². The Labute approximate surface area is 222 Å². The highest BCUT2D eigenvalue weighted by Crippen LogP contribution is 2.67. The number of fused-ring (bicyclic) bond motifs is 5. The van der Waals surface area contributed by atoms with Crippen molar-refractivity contribution < 1.29 is 14.3 Å². The lowest BCUT2D eigenvalue weighted by Gasteiger charge is -2.58. The Morgan fingerprint density at radius 2 is 1.69 bits per heavy atom. The van der Waals surface area contributed by atoms with Crippen molar-refractivity contribution in [3.63, 3.8) is 0 Å². The van der Waals surface area contributed by atoms with Crippen LogP contribution < -0.4 is 0 Å². The van der Waals surface area contributed by atoms with Gasteiger partial charge in [-0.05, 0) is 104 Å². The summed E-state index contributed by atoms with van der Waals surface area (Å²) in [4.78, 5) is 12.2. The van der Waals surface area contributed by atoms with E-state index in [1.807, 2.05) is 0 Å². The maximum Gasteiger partial charge on any atom is 0.508 e. The number of carbonyl (C=O) groups is 1. The molecule has 0 heterocycles. The van der Waals surface area contributed by atoms with Crippen molar-refractivity contribution in [1.82, 2.24) is 0 Å². The summed E-state index contributed by atoms with van der Waals surface area (Å²) in [5.74, 6) is 5.71. The molecule has 0 saturated heterocycles. The van der Waals surface area contributed by atoms with E-state index in [9.17, 15) is 4.79 Å². The highest BCUT2D eigenvalue weighted by molar-refractivity contribution is 5.60. The summed E-state index contributed by atoms with van der Waals surface area (Å²) in [5.41, 5.74) is 2.42. The van der Waals surface area contributed by atoms with Gasteiger partial charge < -0.3 is 9.47 Å². The highest BCUT2D eigenvalue weighted by Gasteiger charge is 2.59. The second-order valence-corrected chi connectivity index (χ2v) is 14.6. The molecule has 206 valence electrons. The number of allylic oxidation sites excluding steroid dienone is 1. The van der Waals surface area contributed by atoms with Crippen molar-refractivity contribution in [3.05, 3.63) is 11.6 Å². The summed E-state index contributed by atoms with van der Waals surface area (Å²) in [6.07, 6.45) is 17.2. The average Bonchev–Trinajstić information content (AvgIpc) is 3.16. The average molecular weight is 501 g/mol. The van der Waals surface area contributed by atoms with E-state index in [0.717, 1.165) is 61.2 Å². The van der Waals surface area contributed by atoms with Gasteiger partial charge in [-0.3, -0.25) is 0 Å². The Balaban J connectivity index is 1.37. The first-order valence-corrected chi connectivity index (χ1v) is 15.6. The zero-order valence-electron chi connectivity index (χ0n) is 24.6. The molecule has 3 fully saturated rings. The summed E-state index contributed by atoms with van der Waals surface area (Å²) in [6, 6.07) is 0. The SMILES string of the molecule is CC(C)CCC[C@H](C)[C@@H]1CC[C@@H]2[C@H]3CC=C4C[C@@H](OC(=O)OCCC(C)C)CC[C@]4(C)[C@@H]3CC[C@@]21C. The Morgan fingerprint density at radius 1 is 0.944 bits per heavy atom. The Kier molecular flexibility index (Phi) is 8.88. The number of hydrogen-bond acceptors (Lipinski definition) is 3. The van der Waals surface area contributed by atoms with Crippen molar-refractivity contribution in [2.45, 2.75) is 132 Å². The lowest BCUT2D eigenvalue weighted by Crippen LogP contribution is -2.51. The fraction of sp³-hybridized carbons (Fsp3) is 0.909. The first kappa shape index (κ1) is 28.0. The van der Waals surface area contributed by atoms with E-state index in [4.69, 9.17) is 9.47 Å². The van der Waals surface area contributed by atoms with Crippen LogP contribution >= 0.6 is 0 Å². The molecular formula is C33H56O3. The standard InChI is InChI=1S/C33H56O3/c1-22(2)9-8-10-24(5)28-13-14-29-27-12-11-25-21-26(36-31(34)35-20-17-23(3)4)15-18-32(25,6)30(27)16-19-33(28,29)7/h11,22-24,26-30H,8-10,12-21H2,1-7H3/t24-,26-,27+,28-,29+,30+,32-,33+/m0/s1. The Hall–Kier alpha value is -0.990. The predicted octanol–water partition coefficient (Wildman–Crippen LogP) is 9.60. The van der Waals surface area contributed by atoms with Crippen LogP contribution in [0.5, 0.6) is 0 Å². The Bertz CT molecular complexity index is 784. The van der Waals surface area contributed by atoms with Gasteiger partial charge in [-0.15, -0.1) is 0 Å². The van der Waals surface area contributed by atoms with Crippen molar-refractivity contribution in [1.29, 1.82) is 0 Å². The molecule has 0 spiro atoms. The van der Waals surface area contributed by atoms with E-state index in [-0.39, 0.29) is 6.10 Å². The van der Waals surface area contributed by atoms with Crippen molar-refractivity contribution in [3.8, 4) is 0 Å². The van der Waals surface area contributed by atoms with Crippen LogP contribution in [0.1, 0.15) is 126 Å². The molecule has 0 radical (unpaired) electrons. The highest BCUT2D eigenvalue weighted by atomic mass is 16.7. The molecule has 3 heteroatoms. The van der Waals surface area contributed by atoms with Crippen LogP contribution in [0.2, 0.25) is 0 Å². The third-order valence-corrected chi connectivity index (χ3v) is 11.4. The zero-order chi connectivity index (χ0) is 26.1. The van der Waals surface area contributed by atoms with Gasteiger partial charge in [0.15, 0.2) is 0 Å². The van der Waals surface area contributed by atoms with Crippen LogP contribution in [0.4, 0.5) is 4.79 Å². The second-order valence-electron chi connectivity index (χ2n) is 14.6. The minimum absolute atomic E-state index is 0.0103. The number of carbonyl (C=O) groups excluding carboxylic acids is 1. The van der Waals surface area contributed by atoms with E-state index >= 15 is 0 Å². The van der Waals surface area contributed by atoms with E-state index in [1.54, 1.807) is 5.57 Å². The third-order valence-electron chi connectivity index (χ3n) is 11.4. The monoisotopic (exact) mass is 500 g/mol. The molecular weight excluding hydrogens is 444 g/mol. The van der Waals surface area contributed by atoms with Gasteiger partial charge in [-0.25, -0.2) is 4.79 Å². The molecule has 0 amide bonds. The molecule has 0 N–H and O–H groups in total. The van der Waals surface area contributed by atoms with Crippen molar-refractivity contribution in [2.75, 3.05) is 6.61 Å². The summed E-state index contributed by atoms with van der Waals surface area (Å²) in [7, 11) is 0. The van der Waals surface area contributed by atoms with Crippen LogP contribution in [0.15, 0.2) is 11.6 Å². The van der Waals surface area contributed by atoms with Gasteiger partial charge >= 0.3 is 6.16 Å². The molecule has 0 aliphatic heterocycles. The number of rotatable bonds is 9. The summed E-state index contributed by atoms with van der Waals surface area (Å²) < 4.78 is 11.1. The molecule has 0 bridgehead atoms. The van der Waals surface area contributed by atoms with Gasteiger partial charge in [0, 0.05) is 6.42 Å². The van der Waals surface area contributed by atoms with Gasteiger partial charge in [-0.1, -0.05) is 79.4 Å². The fourth-order valence-electron chi connectivity index (χ4n) is 9.30. The molecule has 8 atom stereocenters. The molecule has 0 aromatic carbocycles. The van der Waals surface area contributed by atoms with Gasteiger partial charge in [0.25, 0.3) is 0 Å². The topological polar surface area (TPSA) is 35.5 Å². The first-order valence-electron chi connectivity index (χ1n) is 15.6. The summed E-state index contributed by atoms with van der Waals surface area (Å²) in [6.45, 7) is 17.3. The van der Waals surface area contributed by atoms with E-state index in [1.165, 1.54) is 51.4 Å². The molecule has 36 heavy (non-hydrogen) atoms. The summed E-state index contributed by atoms with van der Waals surface area (Å²) in [5, 5.41) is 0. The van der Waals surface area contributed by atoms with Crippen LogP contribution in [0, 0.1) is 52.3 Å². The minimum Gasteiger partial charge on any atom is -0.434 e. The predicted molar refractivity (Wildman–Crippen MR) is 149 cm³/mol. The fourth-order valence-corrected chi connectivity index (χ4v) is 9.30. The van der Waals surface area contributed by atoms with E-state index < -0.39 is 6.16 Å². The molecule has 3 nitrogen and oxygen atoms in total. The molecule has 4 rings (SSSR count). The molecule has 0 aromatic heterocycles. The second kappa shape index (κ2) is 11.4. The van der Waals surface area contributed by atoms with Crippen molar-refractivity contribution in [2.24, 2.45) is 52.3 Å². The van der Waals surface area contributed by atoms with Gasteiger partial charge in [0.05, 0.1) is 6.61 Å².